The van der Waals surface area contributed by atoms with Crippen LogP contribution in [0.25, 0.3) is 10.9 Å². The van der Waals surface area contributed by atoms with Crippen molar-refractivity contribution >= 4 is 55.9 Å². The number of hydrogen-bond donors (Lipinski definition) is 3. The molecule has 0 saturated heterocycles. The first-order chi connectivity index (χ1) is 16.9. The van der Waals surface area contributed by atoms with Gasteiger partial charge in [-0.25, -0.2) is 18.1 Å². The fourth-order valence-electron chi connectivity index (χ4n) is 4.56. The van der Waals surface area contributed by atoms with Gasteiger partial charge in [-0.2, -0.15) is 4.98 Å². The predicted octanol–water partition coefficient (Wildman–Crippen LogP) is 5.71. The Balaban J connectivity index is 1.13. The van der Waals surface area contributed by atoms with Gasteiger partial charge in [0, 0.05) is 34.6 Å². The Morgan fingerprint density at radius 1 is 0.857 bits per heavy atom. The SMILES string of the molecule is O=S(=O)(NCC1CCC(CNc2nc(NC3CC3)c3ccccc3n2)CC1)c1cc(Cl)cc(Cl)c1. The highest BCUT2D eigenvalue weighted by Crippen LogP contribution is 2.31. The Labute approximate surface area is 216 Å². The van der Waals surface area contributed by atoms with E-state index in [0.29, 0.717) is 40.4 Å². The standard InChI is InChI=1S/C25H29Cl2N5O2S/c26-18-11-19(27)13-21(12-18)35(33,34)29-15-17-7-5-16(6-8-17)14-28-25-31-23-4-2-1-3-22(23)24(32-25)30-20-9-10-20/h1-4,11-13,16-17,20,29H,5-10,14-15H2,(H2,28,30,31,32). The van der Waals surface area contributed by atoms with Crippen molar-refractivity contribution in [3.05, 3.63) is 52.5 Å². The van der Waals surface area contributed by atoms with Crippen molar-refractivity contribution in [1.29, 1.82) is 0 Å². The maximum absolute atomic E-state index is 12.6. The summed E-state index contributed by atoms with van der Waals surface area (Å²) in [7, 11) is -3.64. The molecule has 2 fully saturated rings. The van der Waals surface area contributed by atoms with Crippen molar-refractivity contribution in [2.45, 2.75) is 49.5 Å². The lowest BCUT2D eigenvalue weighted by molar-refractivity contribution is 0.284. The maximum Gasteiger partial charge on any atom is 0.240 e. The zero-order chi connectivity index (χ0) is 24.4. The first-order valence-electron chi connectivity index (χ1n) is 12.1. The summed E-state index contributed by atoms with van der Waals surface area (Å²) in [6.45, 7) is 1.22. The summed E-state index contributed by atoms with van der Waals surface area (Å²) < 4.78 is 28.0. The van der Waals surface area contributed by atoms with Crippen molar-refractivity contribution in [1.82, 2.24) is 14.7 Å². The number of nitrogens with zero attached hydrogens (tertiary/aromatic N) is 2. The van der Waals surface area contributed by atoms with Crippen molar-refractivity contribution in [2.24, 2.45) is 11.8 Å². The highest BCUT2D eigenvalue weighted by atomic mass is 35.5. The Kier molecular flexibility index (Phi) is 7.34. The summed E-state index contributed by atoms with van der Waals surface area (Å²) in [5, 5.41) is 8.62. The van der Waals surface area contributed by atoms with Crippen LogP contribution in [0.5, 0.6) is 0 Å². The first kappa shape index (κ1) is 24.6. The van der Waals surface area contributed by atoms with Gasteiger partial charge < -0.3 is 10.6 Å². The molecule has 1 aromatic heterocycles. The molecule has 35 heavy (non-hydrogen) atoms. The molecular weight excluding hydrogens is 505 g/mol. The van der Waals surface area contributed by atoms with Crippen molar-refractivity contribution in [3.63, 3.8) is 0 Å². The van der Waals surface area contributed by atoms with Crippen LogP contribution in [0.4, 0.5) is 11.8 Å². The quantitative estimate of drug-likeness (QED) is 0.326. The monoisotopic (exact) mass is 533 g/mol. The normalized spacial score (nSPS) is 20.6. The van der Waals surface area contributed by atoms with Crippen LogP contribution < -0.4 is 15.4 Å². The first-order valence-corrected chi connectivity index (χ1v) is 14.3. The van der Waals surface area contributed by atoms with Crippen LogP contribution >= 0.6 is 23.2 Å². The molecule has 0 unspecified atom stereocenters. The van der Waals surface area contributed by atoms with E-state index in [1.54, 1.807) is 0 Å². The number of hydrogen-bond acceptors (Lipinski definition) is 6. The second-order valence-corrected chi connectivity index (χ2v) is 12.2. The molecule has 0 aliphatic heterocycles. The minimum atomic E-state index is -3.64. The van der Waals surface area contributed by atoms with Crippen molar-refractivity contribution in [3.8, 4) is 0 Å². The number of anilines is 2. The number of benzene rings is 2. The second-order valence-electron chi connectivity index (χ2n) is 9.56. The van der Waals surface area contributed by atoms with Gasteiger partial charge in [0.15, 0.2) is 0 Å². The fraction of sp³-hybridized carbons (Fsp3) is 0.440. The van der Waals surface area contributed by atoms with E-state index < -0.39 is 10.0 Å². The lowest BCUT2D eigenvalue weighted by Gasteiger charge is -2.28. The van der Waals surface area contributed by atoms with E-state index >= 15 is 0 Å². The van der Waals surface area contributed by atoms with Crippen LogP contribution in [0.15, 0.2) is 47.4 Å². The van der Waals surface area contributed by atoms with Gasteiger partial charge >= 0.3 is 0 Å². The highest BCUT2D eigenvalue weighted by molar-refractivity contribution is 7.89. The van der Waals surface area contributed by atoms with Crippen LogP contribution in [0, 0.1) is 11.8 Å². The molecule has 0 amide bonds. The van der Waals surface area contributed by atoms with Crippen LogP contribution in [0.1, 0.15) is 38.5 Å². The third-order valence-corrected chi connectivity index (χ3v) is 8.58. The summed E-state index contributed by atoms with van der Waals surface area (Å²) in [5.74, 6) is 2.37. The fourth-order valence-corrected chi connectivity index (χ4v) is 6.40. The lowest BCUT2D eigenvalue weighted by Crippen LogP contribution is -2.32. The Morgan fingerprint density at radius 3 is 2.20 bits per heavy atom. The topological polar surface area (TPSA) is 96.0 Å². The number of para-hydroxylation sites is 1. The third kappa shape index (κ3) is 6.36. The van der Waals surface area contributed by atoms with Gasteiger partial charge in [0.2, 0.25) is 16.0 Å². The molecule has 2 saturated carbocycles. The number of nitrogens with one attached hydrogen (secondary N) is 3. The Hall–Kier alpha value is -2.13. The van der Waals surface area contributed by atoms with Gasteiger partial charge in [0.25, 0.3) is 0 Å². The van der Waals surface area contributed by atoms with E-state index in [9.17, 15) is 8.42 Å². The van der Waals surface area contributed by atoms with Crippen LogP contribution in [-0.4, -0.2) is 37.5 Å². The molecule has 3 N–H and O–H groups in total. The van der Waals surface area contributed by atoms with Gasteiger partial charge in [0.05, 0.1) is 10.4 Å². The Morgan fingerprint density at radius 2 is 1.51 bits per heavy atom. The van der Waals surface area contributed by atoms with Crippen LogP contribution in [0.2, 0.25) is 10.0 Å². The smallest absolute Gasteiger partial charge is 0.240 e. The van der Waals surface area contributed by atoms with Gasteiger partial charge in [-0.3, -0.25) is 0 Å². The van der Waals surface area contributed by atoms with Crippen molar-refractivity contribution < 1.29 is 8.42 Å². The Bertz CT molecular complexity index is 1290. The number of aromatic nitrogens is 2. The molecule has 2 aliphatic rings. The minimum absolute atomic E-state index is 0.0961. The molecule has 2 aliphatic carbocycles. The predicted molar refractivity (Wildman–Crippen MR) is 142 cm³/mol. The van der Waals surface area contributed by atoms with Gasteiger partial charge in [-0.05, 0) is 80.7 Å². The summed E-state index contributed by atoms with van der Waals surface area (Å²) in [4.78, 5) is 9.55. The molecule has 1 heterocycles. The minimum Gasteiger partial charge on any atom is -0.367 e. The van der Waals surface area contributed by atoms with Gasteiger partial charge in [-0.1, -0.05) is 35.3 Å². The van der Waals surface area contributed by atoms with Gasteiger partial charge in [0.1, 0.15) is 5.82 Å². The largest absolute Gasteiger partial charge is 0.367 e. The molecular formula is C25H29Cl2N5O2S. The summed E-state index contributed by atoms with van der Waals surface area (Å²) in [6.07, 6.45) is 6.38. The summed E-state index contributed by atoms with van der Waals surface area (Å²) in [6, 6.07) is 13.0. The third-order valence-electron chi connectivity index (χ3n) is 6.74. The lowest BCUT2D eigenvalue weighted by atomic mass is 9.82. The van der Waals surface area contributed by atoms with E-state index in [1.165, 1.54) is 31.0 Å². The molecule has 186 valence electrons. The molecule has 0 bridgehead atoms. The average Bonchev–Trinajstić information content (AvgIpc) is 3.66. The van der Waals surface area contributed by atoms with E-state index in [4.69, 9.17) is 33.2 Å². The number of sulfonamides is 1. The highest BCUT2D eigenvalue weighted by Gasteiger charge is 2.25. The maximum atomic E-state index is 12.6. The molecule has 10 heteroatoms. The zero-order valence-corrected chi connectivity index (χ0v) is 21.6. The average molecular weight is 535 g/mol. The molecule has 7 nitrogen and oxygen atoms in total. The molecule has 0 radical (unpaired) electrons. The van der Waals surface area contributed by atoms with Crippen LogP contribution in [-0.2, 0) is 10.0 Å². The molecule has 0 atom stereocenters. The molecule has 0 spiro atoms. The number of rotatable bonds is 9. The number of halogens is 2. The summed E-state index contributed by atoms with van der Waals surface area (Å²) in [5.41, 5.74) is 0.935. The molecule has 5 rings (SSSR count). The van der Waals surface area contributed by atoms with Crippen molar-refractivity contribution in [2.75, 3.05) is 23.7 Å². The zero-order valence-electron chi connectivity index (χ0n) is 19.3. The molecule has 2 aromatic carbocycles. The van der Waals surface area contributed by atoms with E-state index in [2.05, 4.69) is 21.4 Å². The van der Waals surface area contributed by atoms with Crippen LogP contribution in [0.3, 0.4) is 0 Å². The molecule has 3 aromatic rings. The van der Waals surface area contributed by atoms with E-state index in [-0.39, 0.29) is 4.90 Å². The second kappa shape index (κ2) is 10.5. The summed E-state index contributed by atoms with van der Waals surface area (Å²) >= 11 is 11.9. The van der Waals surface area contributed by atoms with E-state index in [0.717, 1.165) is 48.9 Å². The number of fused-ring (bicyclic) bond motifs is 1. The van der Waals surface area contributed by atoms with Gasteiger partial charge in [-0.15, -0.1) is 0 Å². The van der Waals surface area contributed by atoms with E-state index in [1.807, 2.05) is 18.2 Å².